The van der Waals surface area contributed by atoms with Crippen LogP contribution in [0.2, 0.25) is 0 Å². The van der Waals surface area contributed by atoms with Gasteiger partial charge in [-0.2, -0.15) is 0 Å². The third-order valence-corrected chi connectivity index (χ3v) is 4.19. The summed E-state index contributed by atoms with van der Waals surface area (Å²) >= 11 is 0. The van der Waals surface area contributed by atoms with E-state index in [1.165, 1.54) is 45.4 Å². The summed E-state index contributed by atoms with van der Waals surface area (Å²) in [5, 5.41) is 3.53. The van der Waals surface area contributed by atoms with Gasteiger partial charge >= 0.3 is 0 Å². The second-order valence-corrected chi connectivity index (χ2v) is 4.93. The fourth-order valence-corrected chi connectivity index (χ4v) is 3.20. The van der Waals surface area contributed by atoms with E-state index in [0.717, 1.165) is 17.9 Å². The fraction of sp³-hybridized carbons (Fsp3) is 1.00. The van der Waals surface area contributed by atoms with Gasteiger partial charge in [0.2, 0.25) is 0 Å². The quantitative estimate of drug-likeness (QED) is 0.739. The summed E-state index contributed by atoms with van der Waals surface area (Å²) in [6, 6.07) is 0.844. The zero-order valence-corrected chi connectivity index (χ0v) is 9.63. The molecule has 1 N–H and O–H groups in total. The summed E-state index contributed by atoms with van der Waals surface area (Å²) in [5.41, 5.74) is 0. The second kappa shape index (κ2) is 4.63. The number of fused-ring (bicyclic) bond motifs is 1. The molecule has 2 atom stereocenters. The van der Waals surface area contributed by atoms with Crippen LogP contribution in [-0.2, 0) is 0 Å². The van der Waals surface area contributed by atoms with Crippen LogP contribution in [0.25, 0.3) is 0 Å². The molecule has 0 aromatic heterocycles. The van der Waals surface area contributed by atoms with Crippen LogP contribution in [0.5, 0.6) is 0 Å². The van der Waals surface area contributed by atoms with E-state index in [0.29, 0.717) is 0 Å². The molecule has 82 valence electrons. The van der Waals surface area contributed by atoms with Crippen molar-refractivity contribution in [2.24, 2.45) is 11.8 Å². The smallest absolute Gasteiger partial charge is 0.00901 e. The van der Waals surface area contributed by atoms with Crippen molar-refractivity contribution in [2.45, 2.75) is 39.2 Å². The Bertz CT molecular complexity index is 177. The van der Waals surface area contributed by atoms with Crippen molar-refractivity contribution in [1.29, 1.82) is 0 Å². The van der Waals surface area contributed by atoms with Gasteiger partial charge in [0.15, 0.2) is 0 Å². The number of nitrogens with zero attached hydrogens (tertiary/aromatic N) is 1. The maximum Gasteiger partial charge on any atom is 0.00901 e. The van der Waals surface area contributed by atoms with Crippen molar-refractivity contribution in [3.8, 4) is 0 Å². The van der Waals surface area contributed by atoms with Crippen molar-refractivity contribution in [3.05, 3.63) is 0 Å². The molecule has 2 saturated heterocycles. The molecule has 2 fully saturated rings. The van der Waals surface area contributed by atoms with Gasteiger partial charge in [-0.05, 0) is 50.7 Å². The van der Waals surface area contributed by atoms with Gasteiger partial charge in [-0.15, -0.1) is 0 Å². The largest absolute Gasteiger partial charge is 0.316 e. The molecule has 0 amide bonds. The summed E-state index contributed by atoms with van der Waals surface area (Å²) < 4.78 is 0. The SMILES string of the molecule is CCC(CC)N1CC[C@H]2CNC[C@H]2C1. The Labute approximate surface area is 88.1 Å². The third kappa shape index (κ3) is 1.96. The van der Waals surface area contributed by atoms with Gasteiger partial charge in [-0.3, -0.25) is 0 Å². The van der Waals surface area contributed by atoms with E-state index in [-0.39, 0.29) is 0 Å². The van der Waals surface area contributed by atoms with Crippen molar-refractivity contribution in [3.63, 3.8) is 0 Å². The number of piperidine rings is 1. The van der Waals surface area contributed by atoms with Gasteiger partial charge < -0.3 is 10.2 Å². The van der Waals surface area contributed by atoms with Crippen LogP contribution in [0.15, 0.2) is 0 Å². The minimum Gasteiger partial charge on any atom is -0.316 e. The van der Waals surface area contributed by atoms with Gasteiger partial charge in [-0.25, -0.2) is 0 Å². The average Bonchev–Trinajstić information content (AvgIpc) is 2.66. The zero-order valence-electron chi connectivity index (χ0n) is 9.63. The van der Waals surface area contributed by atoms with E-state index in [1.54, 1.807) is 0 Å². The minimum atomic E-state index is 0.844. The van der Waals surface area contributed by atoms with Crippen LogP contribution in [-0.4, -0.2) is 37.1 Å². The molecule has 2 rings (SSSR count). The van der Waals surface area contributed by atoms with Crippen LogP contribution in [0.3, 0.4) is 0 Å². The first-order chi connectivity index (χ1) is 6.85. The molecule has 0 saturated carbocycles. The molecule has 14 heavy (non-hydrogen) atoms. The van der Waals surface area contributed by atoms with Gasteiger partial charge in [0, 0.05) is 12.6 Å². The molecule has 0 unspecified atom stereocenters. The molecule has 0 radical (unpaired) electrons. The van der Waals surface area contributed by atoms with E-state index >= 15 is 0 Å². The number of hydrogen-bond acceptors (Lipinski definition) is 2. The first-order valence-electron chi connectivity index (χ1n) is 6.29. The first kappa shape index (κ1) is 10.4. The maximum absolute atomic E-state index is 3.53. The predicted octanol–water partition coefficient (Wildman–Crippen LogP) is 1.72. The molecule has 0 aromatic carbocycles. The van der Waals surface area contributed by atoms with E-state index in [2.05, 4.69) is 24.1 Å². The summed E-state index contributed by atoms with van der Waals surface area (Å²) in [7, 11) is 0. The van der Waals surface area contributed by atoms with Crippen molar-refractivity contribution >= 4 is 0 Å². The van der Waals surface area contributed by atoms with Crippen molar-refractivity contribution in [1.82, 2.24) is 10.2 Å². The molecule has 0 aromatic rings. The Kier molecular flexibility index (Phi) is 3.45. The highest BCUT2D eigenvalue weighted by Crippen LogP contribution is 2.28. The van der Waals surface area contributed by atoms with Gasteiger partial charge in [0.25, 0.3) is 0 Å². The lowest BCUT2D eigenvalue weighted by Gasteiger charge is -2.39. The molecular weight excluding hydrogens is 172 g/mol. The lowest BCUT2D eigenvalue weighted by molar-refractivity contribution is 0.0985. The molecule has 2 heteroatoms. The zero-order chi connectivity index (χ0) is 9.97. The Morgan fingerprint density at radius 3 is 2.64 bits per heavy atom. The highest BCUT2D eigenvalue weighted by atomic mass is 15.2. The molecule has 2 aliphatic rings. The lowest BCUT2D eigenvalue weighted by atomic mass is 9.87. The van der Waals surface area contributed by atoms with Crippen LogP contribution >= 0.6 is 0 Å². The molecule has 2 nitrogen and oxygen atoms in total. The summed E-state index contributed by atoms with van der Waals surface area (Å²) in [5.74, 6) is 1.94. The third-order valence-electron chi connectivity index (χ3n) is 4.19. The predicted molar refractivity (Wildman–Crippen MR) is 60.4 cm³/mol. The topological polar surface area (TPSA) is 15.3 Å². The summed E-state index contributed by atoms with van der Waals surface area (Å²) in [4.78, 5) is 2.73. The average molecular weight is 196 g/mol. The van der Waals surface area contributed by atoms with Gasteiger partial charge in [0.1, 0.15) is 0 Å². The Hall–Kier alpha value is -0.0800. The van der Waals surface area contributed by atoms with Gasteiger partial charge in [0.05, 0.1) is 0 Å². The molecule has 2 aliphatic heterocycles. The molecule has 0 bridgehead atoms. The van der Waals surface area contributed by atoms with Crippen LogP contribution < -0.4 is 5.32 Å². The molecule has 0 aliphatic carbocycles. The number of hydrogen-bond donors (Lipinski definition) is 1. The van der Waals surface area contributed by atoms with Crippen LogP contribution in [0, 0.1) is 11.8 Å². The lowest BCUT2D eigenvalue weighted by Crippen LogP contribution is -2.45. The second-order valence-electron chi connectivity index (χ2n) is 4.93. The number of nitrogens with one attached hydrogen (secondary N) is 1. The Morgan fingerprint density at radius 1 is 1.21 bits per heavy atom. The highest BCUT2D eigenvalue weighted by Gasteiger charge is 2.34. The minimum absolute atomic E-state index is 0.844. The molecule has 0 spiro atoms. The normalized spacial score (nSPS) is 33.6. The van der Waals surface area contributed by atoms with Crippen molar-refractivity contribution < 1.29 is 0 Å². The summed E-state index contributed by atoms with van der Waals surface area (Å²) in [6.07, 6.45) is 4.07. The Morgan fingerprint density at radius 2 is 1.93 bits per heavy atom. The standard InChI is InChI=1S/C12H24N2/c1-3-12(4-2)14-6-5-10-7-13-8-11(10)9-14/h10-13H,3-9H2,1-2H3/t10-,11-/m0/s1. The number of rotatable bonds is 3. The molecule has 2 heterocycles. The molecular formula is C12H24N2. The van der Waals surface area contributed by atoms with E-state index in [1.807, 2.05) is 0 Å². The number of likely N-dealkylation sites (tertiary alicyclic amines) is 1. The van der Waals surface area contributed by atoms with Crippen LogP contribution in [0.4, 0.5) is 0 Å². The maximum atomic E-state index is 3.53. The van der Waals surface area contributed by atoms with E-state index < -0.39 is 0 Å². The summed E-state index contributed by atoms with van der Waals surface area (Å²) in [6.45, 7) is 9.89. The van der Waals surface area contributed by atoms with Crippen molar-refractivity contribution in [2.75, 3.05) is 26.2 Å². The highest BCUT2D eigenvalue weighted by molar-refractivity contribution is 4.89. The van der Waals surface area contributed by atoms with E-state index in [9.17, 15) is 0 Å². The van der Waals surface area contributed by atoms with Gasteiger partial charge in [-0.1, -0.05) is 13.8 Å². The first-order valence-corrected chi connectivity index (χ1v) is 6.29. The Balaban J connectivity index is 1.90. The monoisotopic (exact) mass is 196 g/mol. The van der Waals surface area contributed by atoms with Crippen LogP contribution in [0.1, 0.15) is 33.1 Å². The fourth-order valence-electron chi connectivity index (χ4n) is 3.20. The van der Waals surface area contributed by atoms with E-state index in [4.69, 9.17) is 0 Å².